The van der Waals surface area contributed by atoms with Crippen LogP contribution < -0.4 is 5.32 Å². The summed E-state index contributed by atoms with van der Waals surface area (Å²) in [6.45, 7) is 10.2. The molecule has 3 heteroatoms. The summed E-state index contributed by atoms with van der Waals surface area (Å²) < 4.78 is 0. The molecule has 0 bridgehead atoms. The molecule has 96 valence electrons. The van der Waals surface area contributed by atoms with E-state index in [4.69, 9.17) is 5.11 Å². The van der Waals surface area contributed by atoms with Crippen LogP contribution >= 0.6 is 0 Å². The maximum absolute atomic E-state index is 9.13. The van der Waals surface area contributed by atoms with E-state index in [0.29, 0.717) is 24.6 Å². The van der Waals surface area contributed by atoms with Crippen molar-refractivity contribution < 1.29 is 5.11 Å². The van der Waals surface area contributed by atoms with Gasteiger partial charge in [0.25, 0.3) is 0 Å². The SMILES string of the molecule is CC(CO)CN1CCCCC1CNC(C)C. The van der Waals surface area contributed by atoms with Crippen molar-refractivity contribution in [3.63, 3.8) is 0 Å². The predicted octanol–water partition coefficient (Wildman–Crippen LogP) is 1.47. The van der Waals surface area contributed by atoms with Gasteiger partial charge in [-0.05, 0) is 25.3 Å². The summed E-state index contributed by atoms with van der Waals surface area (Å²) in [4.78, 5) is 2.56. The van der Waals surface area contributed by atoms with E-state index in [9.17, 15) is 0 Å². The molecule has 16 heavy (non-hydrogen) atoms. The number of aliphatic hydroxyl groups excluding tert-OH is 1. The van der Waals surface area contributed by atoms with E-state index in [1.807, 2.05) is 0 Å². The van der Waals surface area contributed by atoms with Crippen LogP contribution in [0.15, 0.2) is 0 Å². The van der Waals surface area contributed by atoms with Crippen LogP contribution in [0.1, 0.15) is 40.0 Å². The molecule has 0 aromatic rings. The number of nitrogens with one attached hydrogen (secondary N) is 1. The Labute approximate surface area is 100 Å². The molecule has 2 N–H and O–H groups in total. The molecule has 1 heterocycles. The van der Waals surface area contributed by atoms with Crippen molar-refractivity contribution in [2.75, 3.05) is 26.2 Å². The number of nitrogens with zero attached hydrogens (tertiary/aromatic N) is 1. The molecule has 0 aliphatic carbocycles. The Hall–Kier alpha value is -0.120. The zero-order chi connectivity index (χ0) is 12.0. The lowest BCUT2D eigenvalue weighted by Gasteiger charge is -2.37. The van der Waals surface area contributed by atoms with Crippen LogP contribution in [0.4, 0.5) is 0 Å². The predicted molar refractivity (Wildman–Crippen MR) is 68.6 cm³/mol. The third kappa shape index (κ3) is 4.81. The van der Waals surface area contributed by atoms with Crippen molar-refractivity contribution in [3.05, 3.63) is 0 Å². The summed E-state index contributed by atoms with van der Waals surface area (Å²) in [6, 6.07) is 1.24. The molecule has 0 radical (unpaired) electrons. The van der Waals surface area contributed by atoms with E-state index in [2.05, 4.69) is 31.0 Å². The molecular formula is C13H28N2O. The van der Waals surface area contributed by atoms with Gasteiger partial charge >= 0.3 is 0 Å². The first kappa shape index (κ1) is 13.9. The van der Waals surface area contributed by atoms with Crippen LogP contribution in [0, 0.1) is 5.92 Å². The van der Waals surface area contributed by atoms with Gasteiger partial charge in [-0.15, -0.1) is 0 Å². The fourth-order valence-electron chi connectivity index (χ4n) is 2.36. The van der Waals surface area contributed by atoms with Crippen molar-refractivity contribution in [2.45, 2.75) is 52.1 Å². The second-order valence-corrected chi connectivity index (χ2v) is 5.50. The van der Waals surface area contributed by atoms with Gasteiger partial charge in [-0.3, -0.25) is 4.90 Å². The third-order valence-electron chi connectivity index (χ3n) is 3.37. The number of hydrogen-bond acceptors (Lipinski definition) is 3. The molecule has 0 amide bonds. The van der Waals surface area contributed by atoms with Crippen molar-refractivity contribution in [1.29, 1.82) is 0 Å². The molecule has 1 fully saturated rings. The molecule has 1 rings (SSSR count). The molecule has 3 nitrogen and oxygen atoms in total. The zero-order valence-electron chi connectivity index (χ0n) is 11.1. The van der Waals surface area contributed by atoms with Gasteiger partial charge in [-0.2, -0.15) is 0 Å². The Morgan fingerprint density at radius 1 is 1.31 bits per heavy atom. The van der Waals surface area contributed by atoms with Crippen LogP contribution in [0.3, 0.4) is 0 Å². The summed E-state index contributed by atoms with van der Waals surface area (Å²) in [5.41, 5.74) is 0. The molecule has 0 saturated carbocycles. The van der Waals surface area contributed by atoms with Crippen molar-refractivity contribution in [3.8, 4) is 0 Å². The van der Waals surface area contributed by atoms with Gasteiger partial charge in [0, 0.05) is 31.8 Å². The lowest BCUT2D eigenvalue weighted by Crippen LogP contribution is -2.48. The van der Waals surface area contributed by atoms with Crippen LogP contribution in [-0.2, 0) is 0 Å². The molecule has 1 aliphatic rings. The Morgan fingerprint density at radius 2 is 2.06 bits per heavy atom. The lowest BCUT2D eigenvalue weighted by molar-refractivity contribution is 0.104. The van der Waals surface area contributed by atoms with Gasteiger partial charge in [0.05, 0.1) is 0 Å². The van der Waals surface area contributed by atoms with E-state index in [1.54, 1.807) is 0 Å². The van der Waals surface area contributed by atoms with Crippen LogP contribution in [0.5, 0.6) is 0 Å². The minimum absolute atomic E-state index is 0.306. The highest BCUT2D eigenvalue weighted by atomic mass is 16.3. The second-order valence-electron chi connectivity index (χ2n) is 5.50. The first-order chi connectivity index (χ1) is 7.63. The average molecular weight is 228 g/mol. The van der Waals surface area contributed by atoms with Gasteiger partial charge in [0.1, 0.15) is 0 Å². The first-order valence-electron chi connectivity index (χ1n) is 6.71. The fraction of sp³-hybridized carbons (Fsp3) is 1.00. The second kappa shape index (κ2) is 7.25. The van der Waals surface area contributed by atoms with E-state index < -0.39 is 0 Å². The largest absolute Gasteiger partial charge is 0.396 e. The topological polar surface area (TPSA) is 35.5 Å². The van der Waals surface area contributed by atoms with Crippen molar-refractivity contribution in [1.82, 2.24) is 10.2 Å². The van der Waals surface area contributed by atoms with Gasteiger partial charge in [0.2, 0.25) is 0 Å². The Morgan fingerprint density at radius 3 is 2.69 bits per heavy atom. The van der Waals surface area contributed by atoms with E-state index in [0.717, 1.165) is 13.1 Å². The standard InChI is InChI=1S/C13H28N2O/c1-11(2)14-8-13-6-4-5-7-15(13)9-12(3)10-16/h11-14,16H,4-10H2,1-3H3. The van der Waals surface area contributed by atoms with Crippen LogP contribution in [0.25, 0.3) is 0 Å². The minimum atomic E-state index is 0.306. The highest BCUT2D eigenvalue weighted by Gasteiger charge is 2.23. The maximum atomic E-state index is 9.13. The lowest BCUT2D eigenvalue weighted by atomic mass is 10.00. The molecule has 2 unspecified atom stereocenters. The summed E-state index contributed by atoms with van der Waals surface area (Å²) in [5.74, 6) is 0.402. The summed E-state index contributed by atoms with van der Waals surface area (Å²) in [5, 5.41) is 12.7. The van der Waals surface area contributed by atoms with Crippen LogP contribution in [-0.4, -0.2) is 48.3 Å². The summed E-state index contributed by atoms with van der Waals surface area (Å²) >= 11 is 0. The van der Waals surface area contributed by atoms with Crippen molar-refractivity contribution >= 4 is 0 Å². The molecular weight excluding hydrogens is 200 g/mol. The summed E-state index contributed by atoms with van der Waals surface area (Å²) in [7, 11) is 0. The van der Waals surface area contributed by atoms with Gasteiger partial charge < -0.3 is 10.4 Å². The monoisotopic (exact) mass is 228 g/mol. The van der Waals surface area contributed by atoms with Crippen LogP contribution in [0.2, 0.25) is 0 Å². The Balaban J connectivity index is 2.37. The Kier molecular flexibility index (Phi) is 6.32. The first-order valence-corrected chi connectivity index (χ1v) is 6.71. The smallest absolute Gasteiger partial charge is 0.0468 e. The highest BCUT2D eigenvalue weighted by molar-refractivity contribution is 4.80. The van der Waals surface area contributed by atoms with E-state index in [-0.39, 0.29) is 0 Å². The normalized spacial score (nSPS) is 24.9. The molecule has 0 spiro atoms. The van der Waals surface area contributed by atoms with E-state index >= 15 is 0 Å². The number of hydrogen-bond donors (Lipinski definition) is 2. The van der Waals surface area contributed by atoms with Gasteiger partial charge in [-0.1, -0.05) is 27.2 Å². The number of piperidine rings is 1. The van der Waals surface area contributed by atoms with Gasteiger partial charge in [0.15, 0.2) is 0 Å². The molecule has 0 aromatic heterocycles. The Bertz CT molecular complexity index is 185. The third-order valence-corrected chi connectivity index (χ3v) is 3.37. The fourth-order valence-corrected chi connectivity index (χ4v) is 2.36. The molecule has 1 saturated heterocycles. The minimum Gasteiger partial charge on any atom is -0.396 e. The molecule has 2 atom stereocenters. The zero-order valence-corrected chi connectivity index (χ0v) is 11.1. The molecule has 1 aliphatic heterocycles. The van der Waals surface area contributed by atoms with E-state index in [1.165, 1.54) is 25.8 Å². The quantitative estimate of drug-likeness (QED) is 0.722. The number of likely N-dealkylation sites (tertiary alicyclic amines) is 1. The maximum Gasteiger partial charge on any atom is 0.0468 e. The number of aliphatic hydroxyl groups is 1. The number of rotatable bonds is 6. The average Bonchev–Trinajstić information content (AvgIpc) is 2.27. The molecule has 0 aromatic carbocycles. The highest BCUT2D eigenvalue weighted by Crippen LogP contribution is 2.17. The summed E-state index contributed by atoms with van der Waals surface area (Å²) in [6.07, 6.45) is 3.97. The van der Waals surface area contributed by atoms with Gasteiger partial charge in [-0.25, -0.2) is 0 Å². The van der Waals surface area contributed by atoms with Crippen molar-refractivity contribution in [2.24, 2.45) is 5.92 Å².